The van der Waals surface area contributed by atoms with Crippen LogP contribution < -0.4 is 10.1 Å². The molecule has 0 saturated heterocycles. The first-order valence-electron chi connectivity index (χ1n) is 6.01. The lowest BCUT2D eigenvalue weighted by Crippen LogP contribution is -2.37. The number of carbonyl (C=O) groups excluding carboxylic acids is 1. The normalized spacial score (nSPS) is 11.8. The van der Waals surface area contributed by atoms with E-state index in [9.17, 15) is 18.4 Å². The highest BCUT2D eigenvalue weighted by atomic mass is 19.2. The van der Waals surface area contributed by atoms with E-state index in [-0.39, 0.29) is 18.7 Å². The standard InChI is InChI=1S/C13H15F2NO4/c1-8(13(19)16-6-2-3-12(17)18)20-9-4-5-10(14)11(15)7-9/h4-5,7-8H,2-3,6H2,1H3,(H,16,19)(H,17,18). The molecule has 7 heteroatoms. The van der Waals surface area contributed by atoms with Gasteiger partial charge >= 0.3 is 5.97 Å². The number of nitrogens with one attached hydrogen (secondary N) is 1. The largest absolute Gasteiger partial charge is 0.481 e. The Labute approximate surface area is 114 Å². The van der Waals surface area contributed by atoms with Gasteiger partial charge in [0.25, 0.3) is 5.91 Å². The molecule has 1 aromatic carbocycles. The van der Waals surface area contributed by atoms with E-state index in [4.69, 9.17) is 9.84 Å². The van der Waals surface area contributed by atoms with Crippen LogP contribution in [0.15, 0.2) is 18.2 Å². The minimum absolute atomic E-state index is 0.0390. The van der Waals surface area contributed by atoms with Crippen molar-refractivity contribution in [2.24, 2.45) is 0 Å². The molecule has 0 heterocycles. The van der Waals surface area contributed by atoms with Gasteiger partial charge in [0.15, 0.2) is 17.7 Å². The van der Waals surface area contributed by atoms with Crippen molar-refractivity contribution in [1.82, 2.24) is 5.32 Å². The third-order valence-corrected chi connectivity index (χ3v) is 2.44. The molecule has 0 aromatic heterocycles. The predicted octanol–water partition coefficient (Wildman–Crippen LogP) is 1.71. The van der Waals surface area contributed by atoms with Crippen molar-refractivity contribution in [3.8, 4) is 5.75 Å². The Morgan fingerprint density at radius 2 is 2.05 bits per heavy atom. The molecule has 0 aliphatic rings. The Bertz CT molecular complexity index is 493. The fourth-order valence-corrected chi connectivity index (χ4v) is 1.40. The first-order valence-corrected chi connectivity index (χ1v) is 6.01. The molecular formula is C13H15F2NO4. The molecule has 1 aromatic rings. The molecule has 0 spiro atoms. The third kappa shape index (κ3) is 5.21. The number of amides is 1. The fraction of sp³-hybridized carbons (Fsp3) is 0.385. The summed E-state index contributed by atoms with van der Waals surface area (Å²) in [5.41, 5.74) is 0. The van der Waals surface area contributed by atoms with Crippen LogP contribution in [0.5, 0.6) is 5.75 Å². The van der Waals surface area contributed by atoms with E-state index < -0.39 is 29.6 Å². The average Bonchev–Trinajstić information content (AvgIpc) is 2.38. The molecular weight excluding hydrogens is 272 g/mol. The van der Waals surface area contributed by atoms with Gasteiger partial charge in [-0.15, -0.1) is 0 Å². The number of benzene rings is 1. The fourth-order valence-electron chi connectivity index (χ4n) is 1.40. The lowest BCUT2D eigenvalue weighted by molar-refractivity contribution is -0.137. The summed E-state index contributed by atoms with van der Waals surface area (Å²) in [6.45, 7) is 1.66. The molecule has 20 heavy (non-hydrogen) atoms. The van der Waals surface area contributed by atoms with Crippen molar-refractivity contribution in [1.29, 1.82) is 0 Å². The zero-order valence-electron chi connectivity index (χ0n) is 10.9. The molecule has 2 N–H and O–H groups in total. The van der Waals surface area contributed by atoms with E-state index >= 15 is 0 Å². The van der Waals surface area contributed by atoms with Crippen molar-refractivity contribution in [3.05, 3.63) is 29.8 Å². The van der Waals surface area contributed by atoms with Crippen molar-refractivity contribution >= 4 is 11.9 Å². The molecule has 0 radical (unpaired) electrons. The molecule has 110 valence electrons. The monoisotopic (exact) mass is 287 g/mol. The Morgan fingerprint density at radius 3 is 2.65 bits per heavy atom. The summed E-state index contributed by atoms with van der Waals surface area (Å²) in [4.78, 5) is 21.9. The second-order valence-corrected chi connectivity index (χ2v) is 4.12. The van der Waals surface area contributed by atoms with Crippen LogP contribution in [-0.4, -0.2) is 29.6 Å². The van der Waals surface area contributed by atoms with E-state index in [1.807, 2.05) is 0 Å². The molecule has 0 saturated carbocycles. The number of ether oxygens (including phenoxy) is 1. The van der Waals surface area contributed by atoms with Gasteiger partial charge in [0.1, 0.15) is 5.75 Å². The SMILES string of the molecule is CC(Oc1ccc(F)c(F)c1)C(=O)NCCCC(=O)O. The van der Waals surface area contributed by atoms with Crippen LogP contribution in [0.25, 0.3) is 0 Å². The maximum atomic E-state index is 12.9. The maximum absolute atomic E-state index is 12.9. The van der Waals surface area contributed by atoms with Crippen LogP contribution in [-0.2, 0) is 9.59 Å². The Kier molecular flexibility index (Phi) is 5.89. The highest BCUT2D eigenvalue weighted by Gasteiger charge is 2.15. The molecule has 1 atom stereocenters. The van der Waals surface area contributed by atoms with E-state index in [0.717, 1.165) is 12.1 Å². The lowest BCUT2D eigenvalue weighted by Gasteiger charge is -2.14. The van der Waals surface area contributed by atoms with E-state index in [1.165, 1.54) is 13.0 Å². The number of hydrogen-bond donors (Lipinski definition) is 2. The Morgan fingerprint density at radius 1 is 1.35 bits per heavy atom. The van der Waals surface area contributed by atoms with Crippen LogP contribution in [0.1, 0.15) is 19.8 Å². The summed E-state index contributed by atoms with van der Waals surface area (Å²) < 4.78 is 30.8. The summed E-state index contributed by atoms with van der Waals surface area (Å²) in [6, 6.07) is 2.97. The molecule has 0 fully saturated rings. The number of halogens is 2. The zero-order valence-corrected chi connectivity index (χ0v) is 10.9. The second kappa shape index (κ2) is 7.42. The molecule has 0 aliphatic heterocycles. The average molecular weight is 287 g/mol. The van der Waals surface area contributed by atoms with Gasteiger partial charge < -0.3 is 15.2 Å². The van der Waals surface area contributed by atoms with E-state index in [0.29, 0.717) is 6.42 Å². The minimum atomic E-state index is -1.06. The number of rotatable bonds is 7. The van der Waals surface area contributed by atoms with Gasteiger partial charge in [-0.2, -0.15) is 0 Å². The van der Waals surface area contributed by atoms with Gasteiger partial charge in [-0.3, -0.25) is 9.59 Å². The molecule has 0 bridgehead atoms. The second-order valence-electron chi connectivity index (χ2n) is 4.12. The van der Waals surface area contributed by atoms with Gasteiger partial charge in [0, 0.05) is 19.0 Å². The van der Waals surface area contributed by atoms with Crippen LogP contribution in [0.4, 0.5) is 8.78 Å². The van der Waals surface area contributed by atoms with Gasteiger partial charge in [-0.1, -0.05) is 0 Å². The minimum Gasteiger partial charge on any atom is -0.481 e. The zero-order chi connectivity index (χ0) is 15.1. The van der Waals surface area contributed by atoms with Crippen LogP contribution in [0.2, 0.25) is 0 Å². The molecule has 0 aliphatic carbocycles. The van der Waals surface area contributed by atoms with Crippen LogP contribution >= 0.6 is 0 Å². The van der Waals surface area contributed by atoms with Crippen molar-refractivity contribution in [2.75, 3.05) is 6.54 Å². The summed E-state index contributed by atoms with van der Waals surface area (Å²) in [6.07, 6.45) is -0.637. The smallest absolute Gasteiger partial charge is 0.303 e. The third-order valence-electron chi connectivity index (χ3n) is 2.44. The van der Waals surface area contributed by atoms with Crippen LogP contribution in [0, 0.1) is 11.6 Å². The quantitative estimate of drug-likeness (QED) is 0.749. The molecule has 1 rings (SSSR count). The molecule has 1 unspecified atom stereocenters. The highest BCUT2D eigenvalue weighted by Crippen LogP contribution is 2.16. The number of carboxylic acid groups (broad SMARTS) is 1. The van der Waals surface area contributed by atoms with Gasteiger partial charge in [-0.25, -0.2) is 8.78 Å². The summed E-state index contributed by atoms with van der Waals surface area (Å²) in [5, 5.41) is 10.9. The topological polar surface area (TPSA) is 75.6 Å². The van der Waals surface area contributed by atoms with Gasteiger partial charge in [0.2, 0.25) is 0 Å². The Balaban J connectivity index is 2.41. The molecule has 5 nitrogen and oxygen atoms in total. The first-order chi connectivity index (χ1) is 9.40. The number of carboxylic acids is 1. The maximum Gasteiger partial charge on any atom is 0.303 e. The van der Waals surface area contributed by atoms with E-state index in [1.54, 1.807) is 0 Å². The van der Waals surface area contributed by atoms with E-state index in [2.05, 4.69) is 5.32 Å². The van der Waals surface area contributed by atoms with Gasteiger partial charge in [-0.05, 0) is 25.5 Å². The van der Waals surface area contributed by atoms with Crippen molar-refractivity contribution < 1.29 is 28.2 Å². The van der Waals surface area contributed by atoms with Crippen molar-refractivity contribution in [2.45, 2.75) is 25.9 Å². The number of aliphatic carboxylic acids is 1. The Hall–Kier alpha value is -2.18. The lowest BCUT2D eigenvalue weighted by atomic mass is 10.3. The highest BCUT2D eigenvalue weighted by molar-refractivity contribution is 5.80. The van der Waals surface area contributed by atoms with Crippen LogP contribution in [0.3, 0.4) is 0 Å². The van der Waals surface area contributed by atoms with Crippen molar-refractivity contribution in [3.63, 3.8) is 0 Å². The van der Waals surface area contributed by atoms with Gasteiger partial charge in [0.05, 0.1) is 0 Å². The first kappa shape index (κ1) is 15.9. The number of carbonyl (C=O) groups is 2. The summed E-state index contributed by atoms with van der Waals surface area (Å²) in [5.74, 6) is -3.41. The summed E-state index contributed by atoms with van der Waals surface area (Å²) in [7, 11) is 0. The predicted molar refractivity (Wildman–Crippen MR) is 66.3 cm³/mol. The summed E-state index contributed by atoms with van der Waals surface area (Å²) >= 11 is 0. The molecule has 1 amide bonds. The number of hydrogen-bond acceptors (Lipinski definition) is 3.